The first kappa shape index (κ1) is 27.1. The van der Waals surface area contributed by atoms with Crippen LogP contribution in [0.5, 0.6) is 11.5 Å². The van der Waals surface area contributed by atoms with Crippen LogP contribution < -0.4 is 32.4 Å². The molecule has 4 aromatic rings. The van der Waals surface area contributed by atoms with Crippen LogP contribution >= 0.6 is 0 Å². The monoisotopic (exact) mass is 527 g/mol. The fraction of sp³-hybridized carbons (Fsp3) is 0.200. The van der Waals surface area contributed by atoms with E-state index in [1.165, 1.54) is 0 Å². The van der Waals surface area contributed by atoms with Crippen molar-refractivity contribution in [3.8, 4) is 11.5 Å². The van der Waals surface area contributed by atoms with Gasteiger partial charge < -0.3 is 32.4 Å². The normalized spacial score (nSPS) is 11.3. The molecule has 9 nitrogen and oxygen atoms in total. The molecule has 0 saturated carbocycles. The fourth-order valence-electron chi connectivity index (χ4n) is 4.88. The molecule has 0 aliphatic carbocycles. The highest BCUT2D eigenvalue weighted by molar-refractivity contribution is 5.48. The Morgan fingerprint density at radius 3 is 1.41 bits per heavy atom. The predicted octanol–water partition coefficient (Wildman–Crippen LogP) is 5.09. The van der Waals surface area contributed by atoms with Gasteiger partial charge in [0.05, 0.1) is 13.2 Å². The molecule has 0 spiro atoms. The molecule has 0 heterocycles. The van der Waals surface area contributed by atoms with E-state index < -0.39 is 11.5 Å². The maximum absolute atomic E-state index is 13.2. The third-order valence-electron chi connectivity index (χ3n) is 6.77. The molecule has 0 fully saturated rings. The smallest absolute Gasteiger partial charge is 0.275 e. The van der Waals surface area contributed by atoms with Crippen molar-refractivity contribution in [2.24, 2.45) is 5.92 Å². The largest absolute Gasteiger partial charge is 0.494 e. The second-order valence-corrected chi connectivity index (χ2v) is 9.38. The van der Waals surface area contributed by atoms with E-state index in [0.717, 1.165) is 0 Å². The molecule has 4 aromatic carbocycles. The van der Waals surface area contributed by atoms with Crippen molar-refractivity contribution in [1.29, 1.82) is 0 Å². The highest BCUT2D eigenvalue weighted by Crippen LogP contribution is 2.44. The van der Waals surface area contributed by atoms with E-state index >= 15 is 0 Å². The van der Waals surface area contributed by atoms with E-state index in [9.17, 15) is 10.1 Å². The van der Waals surface area contributed by atoms with Crippen molar-refractivity contribution in [3.63, 3.8) is 0 Å². The van der Waals surface area contributed by atoms with Crippen molar-refractivity contribution < 1.29 is 14.4 Å². The van der Waals surface area contributed by atoms with Gasteiger partial charge in [0.1, 0.15) is 11.5 Å². The van der Waals surface area contributed by atoms with Gasteiger partial charge in [0.15, 0.2) is 0 Å². The summed E-state index contributed by atoms with van der Waals surface area (Å²) < 4.78 is 12.0. The number of benzene rings is 4. The van der Waals surface area contributed by atoms with Crippen LogP contribution in [0.3, 0.4) is 0 Å². The molecule has 39 heavy (non-hydrogen) atoms. The summed E-state index contributed by atoms with van der Waals surface area (Å²) in [5, 5.41) is 13.2. The Hall–Kier alpha value is -4.92. The van der Waals surface area contributed by atoms with E-state index in [-0.39, 0.29) is 18.1 Å². The molecule has 0 radical (unpaired) electrons. The summed E-state index contributed by atoms with van der Waals surface area (Å²) in [4.78, 5) is 13.0. The van der Waals surface area contributed by atoms with Crippen LogP contribution in [0, 0.1) is 16.0 Å². The van der Waals surface area contributed by atoms with Crippen molar-refractivity contribution in [2.75, 3.05) is 36.1 Å². The van der Waals surface area contributed by atoms with Crippen LogP contribution in [0.4, 0.5) is 22.7 Å². The first-order valence-electron chi connectivity index (χ1n) is 12.6. The van der Waals surface area contributed by atoms with Gasteiger partial charge in [-0.3, -0.25) is 10.1 Å². The Bertz CT molecular complexity index is 1300. The van der Waals surface area contributed by atoms with E-state index in [1.54, 1.807) is 97.1 Å². The lowest BCUT2D eigenvalue weighted by molar-refractivity contribution is -0.578. The minimum absolute atomic E-state index is 0.226. The molecule has 8 N–H and O–H groups in total. The Labute approximate surface area is 227 Å². The Balaban J connectivity index is 1.72. The summed E-state index contributed by atoms with van der Waals surface area (Å²) in [5.74, 6) is 0.648. The summed E-state index contributed by atoms with van der Waals surface area (Å²) >= 11 is 0. The quantitative estimate of drug-likeness (QED) is 0.112. The van der Waals surface area contributed by atoms with Crippen LogP contribution in [0.25, 0.3) is 0 Å². The summed E-state index contributed by atoms with van der Waals surface area (Å²) in [6, 6.07) is 27.7. The molecular weight excluding hydrogens is 494 g/mol. The standard InChI is InChI=1S/C30H33N5O4/c31-24-11-7-21(8-12-24)30(35(36)37,22-9-13-25(32)14-10-22)23(15-17-38-28-5-1-3-26(33)19-28)16-18-39-29-6-2-4-27(34)20-29/h1-14,19-20,23H,15-18,31-34H2. The number of hydrogen-bond acceptors (Lipinski definition) is 8. The molecule has 0 aliphatic rings. The van der Waals surface area contributed by atoms with Crippen molar-refractivity contribution in [2.45, 2.75) is 18.4 Å². The van der Waals surface area contributed by atoms with Gasteiger partial charge in [-0.2, -0.15) is 0 Å². The molecule has 0 saturated heterocycles. The lowest BCUT2D eigenvalue weighted by Crippen LogP contribution is -2.45. The third kappa shape index (κ3) is 6.32. The minimum atomic E-state index is -1.63. The van der Waals surface area contributed by atoms with E-state index in [1.807, 2.05) is 0 Å². The summed E-state index contributed by atoms with van der Waals surface area (Å²) in [5.41, 5.74) is 25.2. The van der Waals surface area contributed by atoms with Crippen LogP contribution in [0.15, 0.2) is 97.1 Å². The minimum Gasteiger partial charge on any atom is -0.494 e. The van der Waals surface area contributed by atoms with Gasteiger partial charge in [-0.25, -0.2) is 0 Å². The van der Waals surface area contributed by atoms with Gasteiger partial charge in [-0.15, -0.1) is 0 Å². The van der Waals surface area contributed by atoms with Crippen molar-refractivity contribution >= 4 is 22.7 Å². The number of hydrogen-bond donors (Lipinski definition) is 4. The lowest BCUT2D eigenvalue weighted by atomic mass is 9.70. The van der Waals surface area contributed by atoms with Crippen molar-refractivity contribution in [1.82, 2.24) is 0 Å². The zero-order chi connectivity index (χ0) is 27.8. The van der Waals surface area contributed by atoms with E-state index in [0.29, 0.717) is 58.2 Å². The van der Waals surface area contributed by atoms with Gasteiger partial charge in [0, 0.05) is 56.9 Å². The lowest BCUT2D eigenvalue weighted by Gasteiger charge is -2.34. The number of nitro groups is 1. The number of nitrogens with zero attached hydrogens (tertiary/aromatic N) is 1. The molecule has 0 aromatic heterocycles. The molecule has 0 amide bonds. The van der Waals surface area contributed by atoms with E-state index in [4.69, 9.17) is 32.4 Å². The summed E-state index contributed by atoms with van der Waals surface area (Å²) in [7, 11) is 0. The first-order valence-corrected chi connectivity index (χ1v) is 12.6. The number of ether oxygens (including phenoxy) is 2. The van der Waals surface area contributed by atoms with E-state index in [2.05, 4.69) is 0 Å². The molecule has 0 unspecified atom stereocenters. The molecular formula is C30H33N5O4. The van der Waals surface area contributed by atoms with Gasteiger partial charge >= 0.3 is 0 Å². The molecule has 202 valence electrons. The van der Waals surface area contributed by atoms with Crippen LogP contribution in [0.1, 0.15) is 24.0 Å². The second-order valence-electron chi connectivity index (χ2n) is 9.38. The maximum atomic E-state index is 13.2. The van der Waals surface area contributed by atoms with Gasteiger partial charge in [-0.05, 0) is 85.6 Å². The number of nitrogens with two attached hydrogens (primary N) is 4. The Kier molecular flexibility index (Phi) is 8.40. The number of anilines is 4. The average Bonchev–Trinajstić information content (AvgIpc) is 2.90. The SMILES string of the molecule is Nc1ccc(C(c2ccc(N)cc2)(C(CCOc2cccc(N)c2)CCOc2cccc(N)c2)[N+](=O)[O-])cc1. The molecule has 0 aliphatic heterocycles. The third-order valence-corrected chi connectivity index (χ3v) is 6.77. The zero-order valence-corrected chi connectivity index (χ0v) is 21.5. The Morgan fingerprint density at radius 1 is 0.641 bits per heavy atom. The van der Waals surface area contributed by atoms with Gasteiger partial charge in [0.2, 0.25) is 0 Å². The summed E-state index contributed by atoms with van der Waals surface area (Å²) in [6.45, 7) is 0.456. The second kappa shape index (κ2) is 12.1. The fourth-order valence-corrected chi connectivity index (χ4v) is 4.88. The highest BCUT2D eigenvalue weighted by atomic mass is 16.6. The predicted molar refractivity (Wildman–Crippen MR) is 155 cm³/mol. The molecule has 4 rings (SSSR count). The van der Waals surface area contributed by atoms with Gasteiger partial charge in [0.25, 0.3) is 5.54 Å². The topological polar surface area (TPSA) is 166 Å². The molecule has 9 heteroatoms. The number of rotatable bonds is 12. The molecule has 0 bridgehead atoms. The maximum Gasteiger partial charge on any atom is 0.275 e. The zero-order valence-electron chi connectivity index (χ0n) is 21.5. The van der Waals surface area contributed by atoms with Crippen LogP contribution in [0.2, 0.25) is 0 Å². The summed E-state index contributed by atoms with van der Waals surface area (Å²) in [6.07, 6.45) is 0.704. The first-order chi connectivity index (χ1) is 18.8. The van der Waals surface area contributed by atoms with Crippen molar-refractivity contribution in [3.05, 3.63) is 118 Å². The van der Waals surface area contributed by atoms with Crippen LogP contribution in [-0.4, -0.2) is 18.1 Å². The highest BCUT2D eigenvalue weighted by Gasteiger charge is 2.53. The van der Waals surface area contributed by atoms with Gasteiger partial charge in [-0.1, -0.05) is 12.1 Å². The number of nitrogen functional groups attached to an aromatic ring is 4. The Morgan fingerprint density at radius 2 is 1.05 bits per heavy atom. The molecule has 0 atom stereocenters. The van der Waals surface area contributed by atoms with Crippen LogP contribution in [-0.2, 0) is 5.54 Å². The average molecular weight is 528 g/mol.